The number of amides is 1. The molecule has 0 bridgehead atoms. The van der Waals surface area contributed by atoms with Crippen molar-refractivity contribution in [3.8, 4) is 0 Å². The normalized spacial score (nSPS) is 22.2. The number of nitrogens with one attached hydrogen (secondary N) is 1. The summed E-state index contributed by atoms with van der Waals surface area (Å²) in [4.78, 5) is 17.4. The summed E-state index contributed by atoms with van der Waals surface area (Å²) < 4.78 is 5.50. The number of aromatic nitrogens is 1. The summed E-state index contributed by atoms with van der Waals surface area (Å²) in [6.07, 6.45) is 10.1. The number of carbonyl (C=O) groups excluding carboxylic acids is 1. The molecule has 3 rings (SSSR count). The average molecular weight is 302 g/mol. The summed E-state index contributed by atoms with van der Waals surface area (Å²) in [7, 11) is 0. The second kappa shape index (κ2) is 7.23. The number of pyridine rings is 1. The Kier molecular flexibility index (Phi) is 5.08. The zero-order chi connectivity index (χ0) is 15.3. The molecule has 1 amide bonds. The molecule has 4 heteroatoms. The van der Waals surface area contributed by atoms with E-state index in [1.54, 1.807) is 6.20 Å². The fourth-order valence-corrected chi connectivity index (χ4v) is 3.68. The lowest BCUT2D eigenvalue weighted by Gasteiger charge is -2.37. The second-order valence-electron chi connectivity index (χ2n) is 6.70. The van der Waals surface area contributed by atoms with E-state index in [9.17, 15) is 4.79 Å². The summed E-state index contributed by atoms with van der Waals surface area (Å²) in [5.74, 6) is 0.216. The first-order valence-corrected chi connectivity index (χ1v) is 8.57. The lowest BCUT2D eigenvalue weighted by Crippen LogP contribution is -2.49. The van der Waals surface area contributed by atoms with Crippen LogP contribution in [0.2, 0.25) is 0 Å². The van der Waals surface area contributed by atoms with Crippen molar-refractivity contribution in [3.63, 3.8) is 0 Å². The molecule has 0 aromatic carbocycles. The maximum Gasteiger partial charge on any atom is 0.227 e. The fraction of sp³-hybridized carbons (Fsp3) is 0.667. The Morgan fingerprint density at radius 1 is 1.23 bits per heavy atom. The van der Waals surface area contributed by atoms with E-state index in [1.807, 2.05) is 18.2 Å². The first kappa shape index (κ1) is 15.5. The van der Waals surface area contributed by atoms with Gasteiger partial charge in [-0.15, -0.1) is 0 Å². The molecule has 22 heavy (non-hydrogen) atoms. The third-order valence-electron chi connectivity index (χ3n) is 5.12. The van der Waals surface area contributed by atoms with Gasteiger partial charge in [0.15, 0.2) is 0 Å². The summed E-state index contributed by atoms with van der Waals surface area (Å²) in [6.45, 7) is 1.34. The molecule has 0 radical (unpaired) electrons. The molecule has 2 heterocycles. The Morgan fingerprint density at radius 2 is 2.00 bits per heavy atom. The minimum absolute atomic E-state index is 0.216. The summed E-state index contributed by atoms with van der Waals surface area (Å²) in [5.41, 5.74) is 0.660. The van der Waals surface area contributed by atoms with Crippen LogP contribution < -0.4 is 5.32 Å². The van der Waals surface area contributed by atoms with E-state index in [0.717, 1.165) is 37.8 Å². The van der Waals surface area contributed by atoms with Crippen molar-refractivity contribution in [2.24, 2.45) is 5.41 Å². The smallest absolute Gasteiger partial charge is 0.227 e. The zero-order valence-electron chi connectivity index (χ0n) is 13.2. The Labute approximate surface area is 132 Å². The third kappa shape index (κ3) is 3.67. The molecule has 1 saturated carbocycles. The highest BCUT2D eigenvalue weighted by Gasteiger charge is 2.41. The number of ether oxygens (including phenoxy) is 1. The van der Waals surface area contributed by atoms with Gasteiger partial charge in [0.25, 0.3) is 0 Å². The summed E-state index contributed by atoms with van der Waals surface area (Å²) in [6, 6.07) is 6.30. The highest BCUT2D eigenvalue weighted by Crippen LogP contribution is 2.35. The van der Waals surface area contributed by atoms with E-state index >= 15 is 0 Å². The van der Waals surface area contributed by atoms with Crippen LogP contribution in [0.1, 0.15) is 50.6 Å². The molecule has 0 atom stereocenters. The van der Waals surface area contributed by atoms with Crippen LogP contribution in [0, 0.1) is 5.41 Å². The van der Waals surface area contributed by atoms with Crippen LogP contribution in [-0.2, 0) is 16.0 Å². The number of hydrogen-bond donors (Lipinski definition) is 1. The standard InChI is InChI=1S/C18H26N2O2/c21-17(20-15-6-2-1-3-7-15)18(9-12-22-13-10-18)14-16-8-4-5-11-19-16/h4-5,8,11,15H,1-3,6-7,9-10,12-14H2,(H,20,21). The van der Waals surface area contributed by atoms with Gasteiger partial charge in [-0.25, -0.2) is 0 Å². The number of carbonyl (C=O) groups is 1. The van der Waals surface area contributed by atoms with Crippen molar-refractivity contribution in [2.75, 3.05) is 13.2 Å². The molecule has 1 aliphatic carbocycles. The van der Waals surface area contributed by atoms with E-state index in [1.165, 1.54) is 19.3 Å². The second-order valence-corrected chi connectivity index (χ2v) is 6.70. The average Bonchev–Trinajstić information content (AvgIpc) is 2.57. The highest BCUT2D eigenvalue weighted by atomic mass is 16.5. The molecule has 1 aromatic rings. The van der Waals surface area contributed by atoms with E-state index in [0.29, 0.717) is 19.3 Å². The van der Waals surface area contributed by atoms with Gasteiger partial charge in [0.1, 0.15) is 0 Å². The van der Waals surface area contributed by atoms with Crippen LogP contribution in [0.15, 0.2) is 24.4 Å². The molecule has 1 saturated heterocycles. The van der Waals surface area contributed by atoms with Crippen LogP contribution in [0.5, 0.6) is 0 Å². The summed E-state index contributed by atoms with van der Waals surface area (Å²) in [5, 5.41) is 3.33. The minimum atomic E-state index is -0.343. The predicted octanol–water partition coefficient (Wildman–Crippen LogP) is 2.87. The molecule has 1 aliphatic heterocycles. The van der Waals surface area contributed by atoms with Gasteiger partial charge < -0.3 is 10.1 Å². The first-order chi connectivity index (χ1) is 10.8. The maximum atomic E-state index is 13.0. The highest BCUT2D eigenvalue weighted by molar-refractivity contribution is 5.83. The largest absolute Gasteiger partial charge is 0.381 e. The molecule has 2 fully saturated rings. The third-order valence-corrected chi connectivity index (χ3v) is 5.12. The maximum absolute atomic E-state index is 13.0. The zero-order valence-corrected chi connectivity index (χ0v) is 13.2. The van der Waals surface area contributed by atoms with Crippen molar-refractivity contribution in [2.45, 2.75) is 57.4 Å². The number of nitrogens with zero attached hydrogens (tertiary/aromatic N) is 1. The van der Waals surface area contributed by atoms with Gasteiger partial charge in [0, 0.05) is 37.6 Å². The van der Waals surface area contributed by atoms with Gasteiger partial charge in [-0.1, -0.05) is 25.3 Å². The first-order valence-electron chi connectivity index (χ1n) is 8.57. The van der Waals surface area contributed by atoms with Crippen LogP contribution in [-0.4, -0.2) is 30.1 Å². The van der Waals surface area contributed by atoms with Crippen molar-refractivity contribution in [3.05, 3.63) is 30.1 Å². The predicted molar refractivity (Wildman–Crippen MR) is 85.4 cm³/mol. The Hall–Kier alpha value is -1.42. The number of rotatable bonds is 4. The van der Waals surface area contributed by atoms with Gasteiger partial charge in [0.2, 0.25) is 5.91 Å². The van der Waals surface area contributed by atoms with E-state index in [2.05, 4.69) is 10.3 Å². The van der Waals surface area contributed by atoms with E-state index in [4.69, 9.17) is 4.74 Å². The van der Waals surface area contributed by atoms with Gasteiger partial charge in [-0.05, 0) is 37.8 Å². The summed E-state index contributed by atoms with van der Waals surface area (Å²) >= 11 is 0. The Bertz CT molecular complexity index is 477. The molecule has 1 aromatic heterocycles. The van der Waals surface area contributed by atoms with Crippen LogP contribution in [0.4, 0.5) is 0 Å². The minimum Gasteiger partial charge on any atom is -0.381 e. The van der Waals surface area contributed by atoms with Crippen molar-refractivity contribution < 1.29 is 9.53 Å². The Morgan fingerprint density at radius 3 is 2.68 bits per heavy atom. The fourth-order valence-electron chi connectivity index (χ4n) is 3.68. The van der Waals surface area contributed by atoms with Crippen molar-refractivity contribution in [1.29, 1.82) is 0 Å². The van der Waals surface area contributed by atoms with E-state index in [-0.39, 0.29) is 11.3 Å². The quantitative estimate of drug-likeness (QED) is 0.930. The molecular weight excluding hydrogens is 276 g/mol. The van der Waals surface area contributed by atoms with Crippen molar-refractivity contribution >= 4 is 5.91 Å². The van der Waals surface area contributed by atoms with E-state index < -0.39 is 0 Å². The monoisotopic (exact) mass is 302 g/mol. The topological polar surface area (TPSA) is 51.2 Å². The van der Waals surface area contributed by atoms with Crippen molar-refractivity contribution in [1.82, 2.24) is 10.3 Å². The number of hydrogen-bond acceptors (Lipinski definition) is 3. The van der Waals surface area contributed by atoms with Gasteiger partial charge >= 0.3 is 0 Å². The lowest BCUT2D eigenvalue weighted by atomic mass is 9.75. The SMILES string of the molecule is O=C(NC1CCCCC1)C1(Cc2ccccn2)CCOCC1. The molecule has 120 valence electrons. The molecule has 0 unspecified atom stereocenters. The van der Waals surface area contributed by atoms with Crippen LogP contribution in [0.3, 0.4) is 0 Å². The van der Waals surface area contributed by atoms with Crippen LogP contribution >= 0.6 is 0 Å². The van der Waals surface area contributed by atoms with Gasteiger partial charge in [-0.2, -0.15) is 0 Å². The van der Waals surface area contributed by atoms with Gasteiger partial charge in [-0.3, -0.25) is 9.78 Å². The lowest BCUT2D eigenvalue weighted by molar-refractivity contribution is -0.137. The molecule has 2 aliphatic rings. The van der Waals surface area contributed by atoms with Gasteiger partial charge in [0.05, 0.1) is 5.41 Å². The molecular formula is C18H26N2O2. The molecule has 1 N–H and O–H groups in total. The molecule has 4 nitrogen and oxygen atoms in total. The molecule has 0 spiro atoms. The Balaban J connectivity index is 1.71. The van der Waals surface area contributed by atoms with Crippen LogP contribution in [0.25, 0.3) is 0 Å².